The van der Waals surface area contributed by atoms with Gasteiger partial charge in [0.15, 0.2) is 6.61 Å². The lowest BCUT2D eigenvalue weighted by molar-refractivity contribution is -0.384. The fourth-order valence-electron chi connectivity index (χ4n) is 3.17. The van der Waals surface area contributed by atoms with Gasteiger partial charge in [-0.15, -0.1) is 11.3 Å². The first-order valence-electron chi connectivity index (χ1n) is 9.43. The van der Waals surface area contributed by atoms with E-state index in [-0.39, 0.29) is 17.9 Å². The number of amides is 1. The third-order valence-corrected chi connectivity index (χ3v) is 5.76. The van der Waals surface area contributed by atoms with Crippen molar-refractivity contribution in [3.8, 4) is 0 Å². The summed E-state index contributed by atoms with van der Waals surface area (Å²) in [6.45, 7) is 1.39. The van der Waals surface area contributed by atoms with Crippen LogP contribution in [0.2, 0.25) is 0 Å². The van der Waals surface area contributed by atoms with Gasteiger partial charge in [-0.1, -0.05) is 0 Å². The van der Waals surface area contributed by atoms with Crippen LogP contribution in [0.5, 0.6) is 0 Å². The van der Waals surface area contributed by atoms with E-state index in [0.717, 1.165) is 36.1 Å². The Morgan fingerprint density at radius 3 is 2.47 bits per heavy atom. The number of rotatable bonds is 7. The molecule has 9 nitrogen and oxygen atoms in total. The van der Waals surface area contributed by atoms with Crippen LogP contribution >= 0.6 is 11.3 Å². The number of nitrogens with zero attached hydrogens (tertiary/aromatic N) is 1. The van der Waals surface area contributed by atoms with E-state index in [0.29, 0.717) is 10.6 Å². The normalized spacial score (nSPS) is 12.6. The van der Waals surface area contributed by atoms with Crippen LogP contribution in [0.25, 0.3) is 0 Å². The van der Waals surface area contributed by atoms with Crippen LogP contribution < -0.4 is 5.32 Å². The van der Waals surface area contributed by atoms with Crippen LogP contribution in [0.3, 0.4) is 0 Å². The van der Waals surface area contributed by atoms with Crippen molar-refractivity contribution in [2.24, 2.45) is 0 Å². The highest BCUT2D eigenvalue weighted by Crippen LogP contribution is 2.38. The second kappa shape index (κ2) is 9.49. The number of benzene rings is 1. The molecule has 0 radical (unpaired) electrons. The van der Waals surface area contributed by atoms with Gasteiger partial charge in [-0.25, -0.2) is 9.59 Å². The zero-order chi connectivity index (χ0) is 21.7. The Bertz CT molecular complexity index is 982. The first-order valence-corrected chi connectivity index (χ1v) is 10.3. The Morgan fingerprint density at radius 1 is 1.10 bits per heavy atom. The topological polar surface area (TPSA) is 125 Å². The summed E-state index contributed by atoms with van der Waals surface area (Å²) < 4.78 is 10.1. The summed E-state index contributed by atoms with van der Waals surface area (Å²) >= 11 is 1.34. The van der Waals surface area contributed by atoms with Crippen molar-refractivity contribution in [3.63, 3.8) is 0 Å². The van der Waals surface area contributed by atoms with Crippen molar-refractivity contribution in [1.82, 2.24) is 0 Å². The van der Waals surface area contributed by atoms with E-state index >= 15 is 0 Å². The lowest BCUT2D eigenvalue weighted by Gasteiger charge is -2.12. The first-order chi connectivity index (χ1) is 14.4. The molecule has 1 aromatic carbocycles. The molecule has 0 saturated heterocycles. The minimum atomic E-state index is -0.781. The van der Waals surface area contributed by atoms with Gasteiger partial charge in [0.05, 0.1) is 22.7 Å². The molecule has 1 aliphatic carbocycles. The van der Waals surface area contributed by atoms with E-state index in [2.05, 4.69) is 5.32 Å². The first kappa shape index (κ1) is 21.4. The molecule has 1 aliphatic rings. The molecule has 0 spiro atoms. The Balaban J connectivity index is 1.66. The maximum absolute atomic E-state index is 12.4. The fourth-order valence-corrected chi connectivity index (χ4v) is 4.46. The number of carbonyl (C=O) groups excluding carboxylic acids is 3. The molecular weight excluding hydrogens is 412 g/mol. The highest BCUT2D eigenvalue weighted by atomic mass is 32.1. The smallest absolute Gasteiger partial charge is 0.341 e. The standard InChI is InChI=1S/C20H20N2O7S/c1-2-28-20(25)17-14-5-3-4-6-15(14)30-18(17)21-16(23)11-29-19(24)12-7-9-13(10-8-12)22(26)27/h7-10H,2-6,11H2,1H3,(H,21,23). The third kappa shape index (κ3) is 4.82. The second-order valence-corrected chi connectivity index (χ2v) is 7.67. The van der Waals surface area contributed by atoms with Gasteiger partial charge >= 0.3 is 11.9 Å². The van der Waals surface area contributed by atoms with Crippen molar-refractivity contribution in [1.29, 1.82) is 0 Å². The number of hydrogen-bond donors (Lipinski definition) is 1. The van der Waals surface area contributed by atoms with Gasteiger partial charge in [0.25, 0.3) is 11.6 Å². The van der Waals surface area contributed by atoms with Crippen molar-refractivity contribution in [2.75, 3.05) is 18.5 Å². The number of esters is 2. The van der Waals surface area contributed by atoms with Crippen LogP contribution in [-0.4, -0.2) is 36.0 Å². The predicted octanol–water partition coefficient (Wildman–Crippen LogP) is 3.51. The van der Waals surface area contributed by atoms with Gasteiger partial charge in [0.1, 0.15) is 5.00 Å². The molecule has 0 fully saturated rings. The number of ether oxygens (including phenoxy) is 2. The third-order valence-electron chi connectivity index (χ3n) is 4.55. The van der Waals surface area contributed by atoms with Crippen LogP contribution in [0.15, 0.2) is 24.3 Å². The number of non-ortho nitro benzene ring substituents is 1. The summed E-state index contributed by atoms with van der Waals surface area (Å²) in [5.41, 5.74) is 1.24. The number of aryl methyl sites for hydroxylation is 1. The molecule has 158 valence electrons. The maximum atomic E-state index is 12.4. The molecule has 0 atom stereocenters. The minimum Gasteiger partial charge on any atom is -0.462 e. The van der Waals surface area contributed by atoms with E-state index in [1.54, 1.807) is 6.92 Å². The number of nitro groups is 1. The number of anilines is 1. The van der Waals surface area contributed by atoms with E-state index in [4.69, 9.17) is 9.47 Å². The molecule has 0 unspecified atom stereocenters. The summed E-state index contributed by atoms with van der Waals surface area (Å²) in [6.07, 6.45) is 3.59. The minimum absolute atomic E-state index is 0.0900. The fraction of sp³-hybridized carbons (Fsp3) is 0.350. The van der Waals surface area contributed by atoms with Gasteiger partial charge < -0.3 is 14.8 Å². The molecule has 10 heteroatoms. The average molecular weight is 432 g/mol. The predicted molar refractivity (Wildman–Crippen MR) is 109 cm³/mol. The summed E-state index contributed by atoms with van der Waals surface area (Å²) in [5.74, 6) is -1.85. The molecule has 1 N–H and O–H groups in total. The number of nitro benzene ring substituents is 1. The van der Waals surface area contributed by atoms with Crippen molar-refractivity contribution in [3.05, 3.63) is 55.9 Å². The highest BCUT2D eigenvalue weighted by Gasteiger charge is 2.27. The van der Waals surface area contributed by atoms with Gasteiger partial charge in [-0.3, -0.25) is 14.9 Å². The Labute approximate surface area is 176 Å². The lowest BCUT2D eigenvalue weighted by atomic mass is 9.95. The molecule has 1 heterocycles. The van der Waals surface area contributed by atoms with Crippen molar-refractivity contribution >= 4 is 39.9 Å². The lowest BCUT2D eigenvalue weighted by Crippen LogP contribution is -2.22. The van der Waals surface area contributed by atoms with E-state index < -0.39 is 29.4 Å². The van der Waals surface area contributed by atoms with Gasteiger partial charge in [-0.05, 0) is 50.3 Å². The number of hydrogen-bond acceptors (Lipinski definition) is 8. The summed E-state index contributed by atoms with van der Waals surface area (Å²) in [6, 6.07) is 4.87. The zero-order valence-electron chi connectivity index (χ0n) is 16.3. The van der Waals surface area contributed by atoms with Crippen LogP contribution in [0.4, 0.5) is 10.7 Å². The molecule has 0 aliphatic heterocycles. The van der Waals surface area contributed by atoms with Crippen LogP contribution in [-0.2, 0) is 27.1 Å². The van der Waals surface area contributed by atoms with Gasteiger partial charge in [-0.2, -0.15) is 0 Å². The van der Waals surface area contributed by atoms with E-state index in [1.165, 1.54) is 35.6 Å². The SMILES string of the molecule is CCOC(=O)c1c(NC(=O)COC(=O)c2ccc([N+](=O)[O-])cc2)sc2c1CCCC2. The molecule has 3 rings (SSSR count). The van der Waals surface area contributed by atoms with E-state index in [9.17, 15) is 24.5 Å². The Morgan fingerprint density at radius 2 is 1.80 bits per heavy atom. The zero-order valence-corrected chi connectivity index (χ0v) is 17.1. The number of fused-ring (bicyclic) bond motifs is 1. The molecule has 2 aromatic rings. The quantitative estimate of drug-likeness (QED) is 0.403. The highest BCUT2D eigenvalue weighted by molar-refractivity contribution is 7.17. The molecular formula is C20H20N2O7S. The van der Waals surface area contributed by atoms with Crippen molar-refractivity contribution < 1.29 is 28.8 Å². The molecule has 30 heavy (non-hydrogen) atoms. The summed E-state index contributed by atoms with van der Waals surface area (Å²) in [5, 5.41) is 13.7. The van der Waals surface area contributed by atoms with Crippen LogP contribution in [0, 0.1) is 10.1 Å². The van der Waals surface area contributed by atoms with Gasteiger partial charge in [0.2, 0.25) is 0 Å². The number of nitrogens with one attached hydrogen (secondary N) is 1. The summed E-state index contributed by atoms with van der Waals surface area (Å²) in [7, 11) is 0. The second-order valence-electron chi connectivity index (χ2n) is 6.56. The molecule has 1 amide bonds. The largest absolute Gasteiger partial charge is 0.462 e. The molecule has 1 aromatic heterocycles. The molecule has 0 bridgehead atoms. The Kier molecular flexibility index (Phi) is 6.78. The van der Waals surface area contributed by atoms with E-state index in [1.807, 2.05) is 0 Å². The number of carbonyl (C=O) groups is 3. The average Bonchev–Trinajstić information content (AvgIpc) is 3.10. The maximum Gasteiger partial charge on any atom is 0.341 e. The monoisotopic (exact) mass is 432 g/mol. The summed E-state index contributed by atoms with van der Waals surface area (Å²) in [4.78, 5) is 47.9. The van der Waals surface area contributed by atoms with Crippen LogP contribution in [0.1, 0.15) is 50.9 Å². The number of thiophene rings is 1. The van der Waals surface area contributed by atoms with Crippen molar-refractivity contribution in [2.45, 2.75) is 32.6 Å². The Hall–Kier alpha value is -3.27. The van der Waals surface area contributed by atoms with Gasteiger partial charge in [0, 0.05) is 17.0 Å². The molecule has 0 saturated carbocycles.